The lowest BCUT2D eigenvalue weighted by Crippen LogP contribution is -2.55. The SMILES string of the molecule is CCCN(CCC)CC(CN(CCC)CCC)(CN(CCC)CCC)C[Si](C)(C)OC. The summed E-state index contributed by atoms with van der Waals surface area (Å²) >= 11 is 0. The third kappa shape index (κ3) is 13.4. The Morgan fingerprint density at radius 1 is 0.548 bits per heavy atom. The minimum Gasteiger partial charge on any atom is -0.420 e. The van der Waals surface area contributed by atoms with Gasteiger partial charge in [0.25, 0.3) is 0 Å². The van der Waals surface area contributed by atoms with E-state index in [1.54, 1.807) is 0 Å². The van der Waals surface area contributed by atoms with E-state index < -0.39 is 8.32 Å². The molecule has 0 heterocycles. The molecule has 0 amide bonds. The Kier molecular flexibility index (Phi) is 17.6. The van der Waals surface area contributed by atoms with Crippen LogP contribution in [0.4, 0.5) is 0 Å². The van der Waals surface area contributed by atoms with Gasteiger partial charge in [-0.15, -0.1) is 0 Å². The van der Waals surface area contributed by atoms with Crippen molar-refractivity contribution >= 4 is 8.32 Å². The lowest BCUT2D eigenvalue weighted by atomic mass is 9.87. The van der Waals surface area contributed by atoms with Crippen LogP contribution in [0.5, 0.6) is 0 Å². The second-order valence-corrected chi connectivity index (χ2v) is 14.8. The van der Waals surface area contributed by atoms with Crippen LogP contribution >= 0.6 is 0 Å². The fraction of sp³-hybridized carbons (Fsp3) is 1.00. The second kappa shape index (κ2) is 17.5. The summed E-state index contributed by atoms with van der Waals surface area (Å²) in [5.41, 5.74) is 0.269. The average Bonchev–Trinajstić information content (AvgIpc) is 2.69. The van der Waals surface area contributed by atoms with Crippen molar-refractivity contribution in [2.45, 2.75) is 99.2 Å². The first-order chi connectivity index (χ1) is 14.7. The van der Waals surface area contributed by atoms with E-state index in [9.17, 15) is 0 Å². The van der Waals surface area contributed by atoms with Gasteiger partial charge in [-0.3, -0.25) is 0 Å². The maximum absolute atomic E-state index is 6.18. The molecule has 0 aliphatic carbocycles. The first-order valence-electron chi connectivity index (χ1n) is 13.5. The summed E-state index contributed by atoms with van der Waals surface area (Å²) in [6.45, 7) is 29.8. The van der Waals surface area contributed by atoms with Crippen molar-refractivity contribution < 1.29 is 4.43 Å². The molecule has 0 aromatic rings. The van der Waals surface area contributed by atoms with Gasteiger partial charge >= 0.3 is 0 Å². The van der Waals surface area contributed by atoms with Crippen molar-refractivity contribution in [2.24, 2.45) is 5.41 Å². The minimum absolute atomic E-state index is 0.269. The summed E-state index contributed by atoms with van der Waals surface area (Å²) in [6.07, 6.45) is 7.43. The largest absolute Gasteiger partial charge is 0.420 e. The van der Waals surface area contributed by atoms with Gasteiger partial charge in [0.1, 0.15) is 0 Å². The molecule has 0 aliphatic heterocycles. The van der Waals surface area contributed by atoms with Crippen molar-refractivity contribution in [3.63, 3.8) is 0 Å². The number of hydrogen-bond donors (Lipinski definition) is 0. The van der Waals surface area contributed by atoms with Gasteiger partial charge in [0, 0.05) is 32.2 Å². The Labute approximate surface area is 198 Å². The van der Waals surface area contributed by atoms with Gasteiger partial charge in [0.2, 0.25) is 0 Å². The van der Waals surface area contributed by atoms with E-state index in [0.29, 0.717) is 0 Å². The van der Waals surface area contributed by atoms with Crippen LogP contribution in [0.3, 0.4) is 0 Å². The summed E-state index contributed by atoms with van der Waals surface area (Å²) in [4.78, 5) is 8.31. The van der Waals surface area contributed by atoms with E-state index in [4.69, 9.17) is 4.43 Å². The highest BCUT2D eigenvalue weighted by Gasteiger charge is 2.41. The molecular weight excluding hydrogens is 398 g/mol. The molecule has 0 saturated carbocycles. The molecule has 0 aliphatic rings. The van der Waals surface area contributed by atoms with Crippen molar-refractivity contribution in [1.82, 2.24) is 14.7 Å². The van der Waals surface area contributed by atoms with E-state index in [2.05, 4.69) is 69.3 Å². The molecule has 0 N–H and O–H groups in total. The fourth-order valence-electron chi connectivity index (χ4n) is 5.42. The summed E-state index contributed by atoms with van der Waals surface area (Å²) in [5, 5.41) is 0. The molecule has 0 radical (unpaired) electrons. The molecular formula is C26H59N3OSi. The lowest BCUT2D eigenvalue weighted by Gasteiger charge is -2.47. The van der Waals surface area contributed by atoms with Gasteiger partial charge < -0.3 is 19.1 Å². The average molecular weight is 458 g/mol. The predicted octanol–water partition coefficient (Wildman–Crippen LogP) is 6.19. The van der Waals surface area contributed by atoms with E-state index in [1.165, 1.54) is 103 Å². The van der Waals surface area contributed by atoms with Gasteiger partial charge in [0.15, 0.2) is 8.32 Å². The molecule has 0 aromatic carbocycles. The minimum atomic E-state index is -1.73. The molecule has 0 fully saturated rings. The molecule has 0 aromatic heterocycles. The van der Waals surface area contributed by atoms with E-state index in [1.807, 2.05) is 7.11 Å². The van der Waals surface area contributed by atoms with Crippen LogP contribution in [-0.4, -0.2) is 89.0 Å². The van der Waals surface area contributed by atoms with Gasteiger partial charge in [0.05, 0.1) is 0 Å². The van der Waals surface area contributed by atoms with E-state index >= 15 is 0 Å². The third-order valence-corrected chi connectivity index (χ3v) is 8.98. The molecule has 4 nitrogen and oxygen atoms in total. The number of rotatable bonds is 21. The zero-order chi connectivity index (χ0) is 23.8. The van der Waals surface area contributed by atoms with Crippen LogP contribution in [0.15, 0.2) is 0 Å². The quantitative estimate of drug-likeness (QED) is 0.191. The predicted molar refractivity (Wildman–Crippen MR) is 143 cm³/mol. The number of hydrogen-bond acceptors (Lipinski definition) is 4. The summed E-state index contributed by atoms with van der Waals surface area (Å²) < 4.78 is 6.18. The molecule has 0 rings (SSSR count). The summed E-state index contributed by atoms with van der Waals surface area (Å²) in [7, 11) is 0.226. The van der Waals surface area contributed by atoms with Gasteiger partial charge in [-0.1, -0.05) is 41.5 Å². The van der Waals surface area contributed by atoms with Crippen LogP contribution < -0.4 is 0 Å². The molecule has 0 saturated heterocycles. The molecule has 31 heavy (non-hydrogen) atoms. The second-order valence-electron chi connectivity index (χ2n) is 10.5. The Hall–Kier alpha value is 0.0569. The number of nitrogens with zero attached hydrogens (tertiary/aromatic N) is 3. The third-order valence-electron chi connectivity index (χ3n) is 6.27. The molecule has 0 spiro atoms. The van der Waals surface area contributed by atoms with E-state index in [0.717, 1.165) is 0 Å². The fourth-order valence-corrected chi connectivity index (χ4v) is 7.71. The van der Waals surface area contributed by atoms with Gasteiger partial charge in [-0.05, 0) is 96.9 Å². The molecule has 5 heteroatoms. The highest BCUT2D eigenvalue weighted by atomic mass is 28.4. The zero-order valence-electron chi connectivity index (χ0n) is 23.1. The first-order valence-corrected chi connectivity index (χ1v) is 16.6. The molecule has 0 bridgehead atoms. The van der Waals surface area contributed by atoms with Crippen LogP contribution in [0, 0.1) is 5.41 Å². The van der Waals surface area contributed by atoms with Crippen molar-refractivity contribution in [3.8, 4) is 0 Å². The Bertz CT molecular complexity index is 356. The van der Waals surface area contributed by atoms with Crippen molar-refractivity contribution in [2.75, 3.05) is 66.0 Å². The maximum atomic E-state index is 6.18. The molecule has 0 atom stereocenters. The smallest absolute Gasteiger partial charge is 0.186 e. The highest BCUT2D eigenvalue weighted by Crippen LogP contribution is 2.34. The first kappa shape index (κ1) is 31.1. The van der Waals surface area contributed by atoms with E-state index in [-0.39, 0.29) is 5.41 Å². The molecule has 188 valence electrons. The lowest BCUT2D eigenvalue weighted by molar-refractivity contribution is 0.0619. The van der Waals surface area contributed by atoms with Crippen LogP contribution in [-0.2, 0) is 4.43 Å². The van der Waals surface area contributed by atoms with Gasteiger partial charge in [-0.2, -0.15) is 0 Å². The summed E-state index contributed by atoms with van der Waals surface area (Å²) in [6, 6.07) is 1.24. The van der Waals surface area contributed by atoms with Crippen LogP contribution in [0.25, 0.3) is 0 Å². The zero-order valence-corrected chi connectivity index (χ0v) is 24.1. The molecule has 0 unspecified atom stereocenters. The normalized spacial score (nSPS) is 13.2. The van der Waals surface area contributed by atoms with Gasteiger partial charge in [-0.25, -0.2) is 0 Å². The Morgan fingerprint density at radius 2 is 0.806 bits per heavy atom. The van der Waals surface area contributed by atoms with Crippen molar-refractivity contribution in [3.05, 3.63) is 0 Å². The Balaban J connectivity index is 6.18. The Morgan fingerprint density at radius 3 is 1.00 bits per heavy atom. The van der Waals surface area contributed by atoms with Crippen LogP contribution in [0.2, 0.25) is 19.1 Å². The van der Waals surface area contributed by atoms with Crippen LogP contribution in [0.1, 0.15) is 80.1 Å². The van der Waals surface area contributed by atoms with Crippen molar-refractivity contribution in [1.29, 1.82) is 0 Å². The standard InChI is InChI=1S/C26H59N3OSi/c1-10-16-27(17-11-2)22-26(25-31(8,9)30-7,23-28(18-12-3)19-13-4)24-29(20-14-5)21-15-6/h10-25H2,1-9H3. The monoisotopic (exact) mass is 457 g/mol. The summed E-state index contributed by atoms with van der Waals surface area (Å²) in [5.74, 6) is 0. The topological polar surface area (TPSA) is 19.0 Å². The maximum Gasteiger partial charge on any atom is 0.186 e. The highest BCUT2D eigenvalue weighted by molar-refractivity contribution is 6.71.